The molecule has 0 bridgehead atoms. The minimum Gasteiger partial charge on any atom is -0.497 e. The first-order valence-electron chi connectivity index (χ1n) is 12.5. The number of unbranched alkanes of at least 4 members (excludes halogenated alkanes) is 1. The molecular weight excluding hydrogens is 486 g/mol. The number of amides is 1. The highest BCUT2D eigenvalue weighted by Gasteiger charge is 2.27. The van der Waals surface area contributed by atoms with Crippen LogP contribution in [0.25, 0.3) is 11.0 Å². The van der Waals surface area contributed by atoms with Gasteiger partial charge in [-0.05, 0) is 37.6 Å². The molecule has 1 aromatic carbocycles. The molecule has 11 nitrogen and oxygen atoms in total. The van der Waals surface area contributed by atoms with Gasteiger partial charge in [-0.3, -0.25) is 9.78 Å². The number of hydrogen-bond donors (Lipinski definition) is 3. The first-order valence-corrected chi connectivity index (χ1v) is 12.5. The summed E-state index contributed by atoms with van der Waals surface area (Å²) in [4.78, 5) is 26.5. The fourth-order valence-electron chi connectivity index (χ4n) is 4.05. The third kappa shape index (κ3) is 6.47. The monoisotopic (exact) mass is 519 g/mol. The lowest BCUT2D eigenvalue weighted by atomic mass is 9.94. The van der Waals surface area contributed by atoms with Crippen LogP contribution in [0.4, 0.5) is 11.8 Å². The molecule has 3 N–H and O–H groups in total. The van der Waals surface area contributed by atoms with Crippen molar-refractivity contribution in [3.63, 3.8) is 0 Å². The van der Waals surface area contributed by atoms with Crippen molar-refractivity contribution in [2.75, 3.05) is 31.4 Å². The van der Waals surface area contributed by atoms with Crippen LogP contribution < -0.4 is 25.4 Å². The molecular formula is C27H33N7O4. The van der Waals surface area contributed by atoms with Gasteiger partial charge in [-0.2, -0.15) is 4.98 Å². The highest BCUT2D eigenvalue weighted by atomic mass is 16.5. The van der Waals surface area contributed by atoms with E-state index in [-0.39, 0.29) is 11.6 Å². The summed E-state index contributed by atoms with van der Waals surface area (Å²) in [5, 5.41) is 13.5. The predicted octanol–water partition coefficient (Wildman–Crippen LogP) is 4.43. The molecule has 0 unspecified atom stereocenters. The van der Waals surface area contributed by atoms with E-state index < -0.39 is 5.54 Å². The predicted molar refractivity (Wildman–Crippen MR) is 145 cm³/mol. The van der Waals surface area contributed by atoms with Crippen molar-refractivity contribution in [3.05, 3.63) is 60.1 Å². The van der Waals surface area contributed by atoms with Gasteiger partial charge >= 0.3 is 0 Å². The number of pyridine rings is 1. The number of fused-ring (bicyclic) bond motifs is 1. The molecule has 0 radical (unpaired) electrons. The summed E-state index contributed by atoms with van der Waals surface area (Å²) in [6, 6.07) is 10.9. The van der Waals surface area contributed by atoms with Crippen LogP contribution in [0.5, 0.6) is 11.5 Å². The maximum atomic E-state index is 12.5. The van der Waals surface area contributed by atoms with Gasteiger partial charge in [0.25, 0.3) is 5.91 Å². The maximum absolute atomic E-state index is 12.5. The summed E-state index contributed by atoms with van der Waals surface area (Å²) in [6.07, 6.45) is 5.85. The molecule has 1 atom stereocenters. The topological polar surface area (TPSA) is 136 Å². The SMILES string of the molecule is CCCC[C@](C)(CNC(=O)c1ccon1)Nc1nc(NCc2ccc(OC)cc2OC)nc2cccnc12. The first-order chi connectivity index (χ1) is 18.4. The third-order valence-electron chi connectivity index (χ3n) is 6.20. The van der Waals surface area contributed by atoms with Crippen molar-refractivity contribution >= 4 is 28.7 Å². The number of anilines is 2. The molecule has 0 saturated carbocycles. The van der Waals surface area contributed by atoms with Crippen molar-refractivity contribution in [1.29, 1.82) is 0 Å². The molecule has 3 heterocycles. The average molecular weight is 520 g/mol. The Balaban J connectivity index is 1.58. The minimum absolute atomic E-state index is 0.234. The van der Waals surface area contributed by atoms with Crippen LogP contribution >= 0.6 is 0 Å². The van der Waals surface area contributed by atoms with E-state index in [2.05, 4.69) is 44.9 Å². The Bertz CT molecular complexity index is 1360. The van der Waals surface area contributed by atoms with Gasteiger partial charge in [0.1, 0.15) is 23.3 Å². The first kappa shape index (κ1) is 26.6. The van der Waals surface area contributed by atoms with Crippen LogP contribution in [0.15, 0.2) is 53.4 Å². The number of hydrogen-bond acceptors (Lipinski definition) is 10. The van der Waals surface area contributed by atoms with Crippen LogP contribution in [0.1, 0.15) is 49.2 Å². The molecule has 0 aliphatic rings. The van der Waals surface area contributed by atoms with Gasteiger partial charge in [0.05, 0.1) is 25.3 Å². The average Bonchev–Trinajstić information content (AvgIpc) is 3.49. The summed E-state index contributed by atoms with van der Waals surface area (Å²) in [6.45, 7) is 4.98. The van der Waals surface area contributed by atoms with Gasteiger partial charge in [-0.15, -0.1) is 0 Å². The number of aromatic nitrogens is 4. The lowest BCUT2D eigenvalue weighted by Gasteiger charge is -2.32. The number of carbonyl (C=O) groups is 1. The second-order valence-electron chi connectivity index (χ2n) is 9.15. The lowest BCUT2D eigenvalue weighted by Crippen LogP contribution is -2.47. The fourth-order valence-corrected chi connectivity index (χ4v) is 4.05. The molecule has 1 amide bonds. The molecule has 38 heavy (non-hydrogen) atoms. The van der Waals surface area contributed by atoms with E-state index in [0.717, 1.165) is 24.8 Å². The third-order valence-corrected chi connectivity index (χ3v) is 6.20. The Labute approximate surface area is 221 Å². The molecule has 200 valence electrons. The van der Waals surface area contributed by atoms with Gasteiger partial charge < -0.3 is 29.9 Å². The van der Waals surface area contributed by atoms with E-state index in [4.69, 9.17) is 19.0 Å². The summed E-state index contributed by atoms with van der Waals surface area (Å²) in [5.41, 5.74) is 1.99. The van der Waals surface area contributed by atoms with Gasteiger partial charge in [0, 0.05) is 37.0 Å². The fraction of sp³-hybridized carbons (Fsp3) is 0.370. The highest BCUT2D eigenvalue weighted by Crippen LogP contribution is 2.28. The Hall–Kier alpha value is -4.41. The van der Waals surface area contributed by atoms with Crippen LogP contribution in [-0.2, 0) is 6.54 Å². The van der Waals surface area contributed by atoms with E-state index in [9.17, 15) is 4.79 Å². The number of rotatable bonds is 13. The Morgan fingerprint density at radius 3 is 2.74 bits per heavy atom. The zero-order chi connectivity index (χ0) is 27.0. The molecule has 0 aliphatic heterocycles. The number of benzene rings is 1. The summed E-state index contributed by atoms with van der Waals surface area (Å²) >= 11 is 0. The number of carbonyl (C=O) groups excluding carboxylic acids is 1. The molecule has 3 aromatic heterocycles. The van der Waals surface area contributed by atoms with Crippen molar-refractivity contribution in [1.82, 2.24) is 25.4 Å². The maximum Gasteiger partial charge on any atom is 0.273 e. The molecule has 0 fully saturated rings. The second kappa shape index (κ2) is 12.2. The highest BCUT2D eigenvalue weighted by molar-refractivity contribution is 5.92. The van der Waals surface area contributed by atoms with Crippen molar-refractivity contribution < 1.29 is 18.8 Å². The van der Waals surface area contributed by atoms with Crippen LogP contribution in [0.3, 0.4) is 0 Å². The lowest BCUT2D eigenvalue weighted by molar-refractivity contribution is 0.0936. The second-order valence-corrected chi connectivity index (χ2v) is 9.15. The van der Waals surface area contributed by atoms with E-state index >= 15 is 0 Å². The van der Waals surface area contributed by atoms with Crippen LogP contribution in [-0.4, -0.2) is 52.3 Å². The molecule has 4 aromatic rings. The molecule has 0 saturated heterocycles. The van der Waals surface area contributed by atoms with Crippen molar-refractivity contribution in [2.24, 2.45) is 0 Å². The minimum atomic E-state index is -0.509. The van der Waals surface area contributed by atoms with E-state index in [1.165, 1.54) is 12.3 Å². The van der Waals surface area contributed by atoms with Crippen LogP contribution in [0.2, 0.25) is 0 Å². The van der Waals surface area contributed by atoms with Crippen molar-refractivity contribution in [3.8, 4) is 11.5 Å². The number of nitrogens with zero attached hydrogens (tertiary/aromatic N) is 4. The zero-order valence-electron chi connectivity index (χ0n) is 22.1. The summed E-state index contributed by atoms with van der Waals surface area (Å²) < 4.78 is 15.6. The van der Waals surface area contributed by atoms with Gasteiger partial charge in [0.2, 0.25) is 5.95 Å². The van der Waals surface area contributed by atoms with E-state index in [1.54, 1.807) is 20.4 Å². The molecule has 11 heteroatoms. The molecule has 4 rings (SSSR count). The smallest absolute Gasteiger partial charge is 0.273 e. The van der Waals surface area contributed by atoms with E-state index in [1.807, 2.05) is 30.3 Å². The Kier molecular flexibility index (Phi) is 8.57. The normalized spacial score (nSPS) is 12.5. The molecule has 0 spiro atoms. The van der Waals surface area contributed by atoms with Crippen molar-refractivity contribution in [2.45, 2.75) is 45.2 Å². The van der Waals surface area contributed by atoms with Gasteiger partial charge in [-0.1, -0.05) is 24.9 Å². The largest absolute Gasteiger partial charge is 0.497 e. The van der Waals surface area contributed by atoms with Crippen LogP contribution in [0, 0.1) is 0 Å². The standard InChI is InChI=1S/C27H33N7O4/c1-5-6-12-27(2,17-30-25(35)21-11-14-38-34-21)33-24-23-20(8-7-13-28-23)31-26(32-24)29-16-18-9-10-19(36-3)15-22(18)37-4/h7-11,13-15H,5-6,12,16-17H2,1-4H3,(H,30,35)(H2,29,31,32,33)/t27-/m1/s1. The van der Waals surface area contributed by atoms with Gasteiger partial charge in [0.15, 0.2) is 11.5 Å². The quantitative estimate of drug-likeness (QED) is 0.233. The number of ether oxygens (including phenoxy) is 2. The Morgan fingerprint density at radius 2 is 2.00 bits per heavy atom. The number of nitrogens with one attached hydrogen (secondary N) is 3. The molecule has 0 aliphatic carbocycles. The Morgan fingerprint density at radius 1 is 1.13 bits per heavy atom. The van der Waals surface area contributed by atoms with Gasteiger partial charge in [-0.25, -0.2) is 4.98 Å². The van der Waals surface area contributed by atoms with E-state index in [0.29, 0.717) is 47.4 Å². The summed E-state index contributed by atoms with van der Waals surface area (Å²) in [5.74, 6) is 2.13. The summed E-state index contributed by atoms with van der Waals surface area (Å²) in [7, 11) is 3.24. The number of methoxy groups -OCH3 is 2. The zero-order valence-corrected chi connectivity index (χ0v) is 22.1.